The summed E-state index contributed by atoms with van der Waals surface area (Å²) in [4.78, 5) is 17.5. The van der Waals surface area contributed by atoms with Gasteiger partial charge in [0.05, 0.1) is 17.9 Å². The number of pyridine rings is 1. The van der Waals surface area contributed by atoms with Gasteiger partial charge in [0.1, 0.15) is 11.3 Å². The molecular weight excluding hydrogens is 361 g/mol. The summed E-state index contributed by atoms with van der Waals surface area (Å²) in [6, 6.07) is 3.86. The highest BCUT2D eigenvalue weighted by atomic mass is 19.4. The molecule has 1 amide bonds. The first-order valence-electron chi connectivity index (χ1n) is 8.86. The van der Waals surface area contributed by atoms with Gasteiger partial charge in [0.15, 0.2) is 0 Å². The van der Waals surface area contributed by atoms with Crippen LogP contribution < -0.4 is 0 Å². The molecule has 8 heteroatoms. The molecule has 1 saturated heterocycles. The monoisotopic (exact) mass is 384 g/mol. The Bertz CT molecular complexity index is 745. The third-order valence-corrected chi connectivity index (χ3v) is 4.58. The molecule has 0 atom stereocenters. The molecule has 0 unspecified atom stereocenters. The molecule has 0 aliphatic carbocycles. The number of aromatic nitrogens is 1. The molecule has 0 aromatic carbocycles. The minimum atomic E-state index is -4.48. The van der Waals surface area contributed by atoms with Crippen molar-refractivity contribution in [3.05, 3.63) is 35.7 Å². The Morgan fingerprint density at radius 3 is 2.48 bits per heavy atom. The van der Waals surface area contributed by atoms with Crippen LogP contribution in [0, 0.1) is 0 Å². The minimum absolute atomic E-state index is 0.209. The number of alkyl halides is 3. The molecule has 0 saturated carbocycles. The zero-order chi connectivity index (χ0) is 19.9. The van der Waals surface area contributed by atoms with Crippen LogP contribution in [0.1, 0.15) is 45.0 Å². The van der Waals surface area contributed by atoms with Crippen molar-refractivity contribution in [1.29, 1.82) is 0 Å². The molecule has 2 aliphatic rings. The number of ether oxygens (including phenoxy) is 2. The summed E-state index contributed by atoms with van der Waals surface area (Å²) in [7, 11) is 0. The van der Waals surface area contributed by atoms with Crippen molar-refractivity contribution in [2.45, 2.75) is 51.0 Å². The second-order valence-corrected chi connectivity index (χ2v) is 7.90. The molecule has 0 bridgehead atoms. The lowest BCUT2D eigenvalue weighted by atomic mass is 9.90. The maximum absolute atomic E-state index is 12.9. The number of piperidine rings is 1. The van der Waals surface area contributed by atoms with Crippen LogP contribution in [0.2, 0.25) is 0 Å². The fraction of sp³-hybridized carbons (Fsp3) is 0.579. The Morgan fingerprint density at radius 2 is 1.89 bits per heavy atom. The maximum atomic E-state index is 12.9. The third kappa shape index (κ3) is 4.61. The van der Waals surface area contributed by atoms with Gasteiger partial charge in [-0.15, -0.1) is 0 Å². The Kier molecular flexibility index (Phi) is 4.96. The van der Waals surface area contributed by atoms with E-state index in [9.17, 15) is 18.0 Å². The molecule has 1 aromatic rings. The van der Waals surface area contributed by atoms with Gasteiger partial charge in [-0.2, -0.15) is 13.2 Å². The number of rotatable bonds is 1. The van der Waals surface area contributed by atoms with E-state index in [1.807, 2.05) is 26.8 Å². The van der Waals surface area contributed by atoms with Crippen molar-refractivity contribution < 1.29 is 27.4 Å². The van der Waals surface area contributed by atoms with Crippen LogP contribution in [-0.2, 0) is 15.7 Å². The number of amides is 1. The lowest BCUT2D eigenvalue weighted by molar-refractivity contribution is -0.141. The van der Waals surface area contributed by atoms with Crippen LogP contribution in [0.25, 0.3) is 5.57 Å². The predicted molar refractivity (Wildman–Crippen MR) is 92.9 cm³/mol. The molecule has 1 fully saturated rings. The van der Waals surface area contributed by atoms with E-state index in [2.05, 4.69) is 4.98 Å². The summed E-state index contributed by atoms with van der Waals surface area (Å²) in [5, 5.41) is 0. The first-order chi connectivity index (χ1) is 12.5. The smallest absolute Gasteiger partial charge is 0.433 e. The van der Waals surface area contributed by atoms with Crippen LogP contribution in [0.4, 0.5) is 18.0 Å². The van der Waals surface area contributed by atoms with E-state index in [0.717, 1.165) is 6.07 Å². The van der Waals surface area contributed by atoms with Gasteiger partial charge >= 0.3 is 12.3 Å². The summed E-state index contributed by atoms with van der Waals surface area (Å²) in [5.41, 5.74) is -1.12. The predicted octanol–water partition coefficient (Wildman–Crippen LogP) is 4.28. The first kappa shape index (κ1) is 19.7. The summed E-state index contributed by atoms with van der Waals surface area (Å²) in [6.45, 7) is 6.58. The molecule has 2 aliphatic heterocycles. The molecule has 1 aromatic heterocycles. The number of nitrogens with zero attached hydrogens (tertiary/aromatic N) is 2. The fourth-order valence-corrected chi connectivity index (χ4v) is 3.22. The van der Waals surface area contributed by atoms with Crippen molar-refractivity contribution in [2.24, 2.45) is 0 Å². The van der Waals surface area contributed by atoms with Crippen LogP contribution >= 0.6 is 0 Å². The maximum Gasteiger partial charge on any atom is 0.433 e. The van der Waals surface area contributed by atoms with E-state index in [1.54, 1.807) is 11.0 Å². The number of hydrogen-bond acceptors (Lipinski definition) is 4. The Balaban J connectivity index is 1.69. The Morgan fingerprint density at radius 1 is 1.22 bits per heavy atom. The summed E-state index contributed by atoms with van der Waals surface area (Å²) >= 11 is 0. The second kappa shape index (κ2) is 6.82. The largest absolute Gasteiger partial charge is 0.444 e. The van der Waals surface area contributed by atoms with E-state index in [4.69, 9.17) is 9.47 Å². The van der Waals surface area contributed by atoms with Gasteiger partial charge in [-0.05, 0) is 51.8 Å². The Hall–Kier alpha value is -2.09. The van der Waals surface area contributed by atoms with Gasteiger partial charge in [-0.1, -0.05) is 6.07 Å². The first-order valence-corrected chi connectivity index (χ1v) is 8.86. The lowest BCUT2D eigenvalue weighted by Crippen LogP contribution is -2.47. The van der Waals surface area contributed by atoms with E-state index >= 15 is 0 Å². The number of halogens is 3. The zero-order valence-corrected chi connectivity index (χ0v) is 15.6. The van der Waals surface area contributed by atoms with Gasteiger partial charge in [0.2, 0.25) is 0 Å². The van der Waals surface area contributed by atoms with Gasteiger partial charge in [-0.25, -0.2) is 9.78 Å². The third-order valence-electron chi connectivity index (χ3n) is 4.58. The number of likely N-dealkylation sites (tertiary alicyclic amines) is 1. The van der Waals surface area contributed by atoms with E-state index in [1.165, 1.54) is 6.07 Å². The fourth-order valence-electron chi connectivity index (χ4n) is 3.22. The molecule has 0 N–H and O–H groups in total. The van der Waals surface area contributed by atoms with Crippen molar-refractivity contribution in [3.8, 4) is 0 Å². The van der Waals surface area contributed by atoms with Crippen LogP contribution in [0.3, 0.4) is 0 Å². The lowest BCUT2D eigenvalue weighted by Gasteiger charge is -2.38. The van der Waals surface area contributed by atoms with E-state index < -0.39 is 23.1 Å². The number of carbonyl (C=O) groups is 1. The molecule has 3 heterocycles. The van der Waals surface area contributed by atoms with Crippen LogP contribution in [0.5, 0.6) is 0 Å². The zero-order valence-electron chi connectivity index (χ0n) is 15.6. The van der Waals surface area contributed by atoms with Crippen LogP contribution in [-0.4, -0.2) is 46.9 Å². The topological polar surface area (TPSA) is 51.7 Å². The van der Waals surface area contributed by atoms with Crippen molar-refractivity contribution in [3.63, 3.8) is 0 Å². The highest BCUT2D eigenvalue weighted by Crippen LogP contribution is 2.38. The molecule has 27 heavy (non-hydrogen) atoms. The normalized spacial score (nSPS) is 19.9. The molecule has 1 spiro atoms. The SMILES string of the molecule is CC(C)(C)OC(=O)N1CCC2(C=C(c3cccc(C(F)(F)F)n3)CO2)CC1. The van der Waals surface area contributed by atoms with Crippen molar-refractivity contribution in [2.75, 3.05) is 19.7 Å². The number of hydrogen-bond donors (Lipinski definition) is 0. The highest BCUT2D eigenvalue weighted by Gasteiger charge is 2.40. The van der Waals surface area contributed by atoms with Gasteiger partial charge in [0, 0.05) is 18.7 Å². The molecule has 148 valence electrons. The quantitative estimate of drug-likeness (QED) is 0.725. The van der Waals surface area contributed by atoms with E-state index in [0.29, 0.717) is 31.5 Å². The second-order valence-electron chi connectivity index (χ2n) is 7.90. The molecule has 3 rings (SSSR count). The average Bonchev–Trinajstić information content (AvgIpc) is 2.97. The van der Waals surface area contributed by atoms with Crippen molar-refractivity contribution >= 4 is 11.7 Å². The summed E-state index contributed by atoms with van der Waals surface area (Å²) < 4.78 is 49.9. The van der Waals surface area contributed by atoms with Crippen molar-refractivity contribution in [1.82, 2.24) is 9.88 Å². The molecule has 5 nitrogen and oxygen atoms in total. The highest BCUT2D eigenvalue weighted by molar-refractivity contribution is 5.69. The number of carbonyl (C=O) groups excluding carboxylic acids is 1. The molecule has 0 radical (unpaired) electrons. The Labute approximate surface area is 156 Å². The van der Waals surface area contributed by atoms with Gasteiger partial charge in [0.25, 0.3) is 0 Å². The summed E-state index contributed by atoms with van der Waals surface area (Å²) in [5.74, 6) is 0. The minimum Gasteiger partial charge on any atom is -0.444 e. The molecular formula is C19H23F3N2O3. The van der Waals surface area contributed by atoms with E-state index in [-0.39, 0.29) is 18.4 Å². The van der Waals surface area contributed by atoms with Gasteiger partial charge in [-0.3, -0.25) is 0 Å². The van der Waals surface area contributed by atoms with Gasteiger partial charge < -0.3 is 14.4 Å². The van der Waals surface area contributed by atoms with Crippen LogP contribution in [0.15, 0.2) is 24.3 Å². The standard InChI is InChI=1S/C19H23F3N2O3/c1-17(2,3)27-16(25)24-9-7-18(8-10-24)11-13(12-26-18)14-5-4-6-15(23-14)19(20,21)22/h4-6,11H,7-10,12H2,1-3H3. The average molecular weight is 384 g/mol. The summed E-state index contributed by atoms with van der Waals surface area (Å²) in [6.07, 6.45) is -1.85.